The Hall–Kier alpha value is -1.37. The maximum absolute atomic E-state index is 11.3. The summed E-state index contributed by atoms with van der Waals surface area (Å²) in [5.74, 6) is 0.926. The third-order valence-electron chi connectivity index (χ3n) is 2.11. The molecule has 6 nitrogen and oxygen atoms in total. The van der Waals surface area contributed by atoms with Crippen LogP contribution in [0, 0.1) is 0 Å². The molecule has 0 fully saturated rings. The number of amides is 1. The topological polar surface area (TPSA) is 76.1 Å². The first-order chi connectivity index (χ1) is 8.67. The molecular weight excluding hydrogens is 300 g/mol. The number of hydrogen-bond acceptors (Lipinski definition) is 5. The summed E-state index contributed by atoms with van der Waals surface area (Å²) < 4.78 is 5.74. The van der Waals surface area contributed by atoms with Crippen LogP contribution in [0.1, 0.15) is 19.8 Å². The van der Waals surface area contributed by atoms with E-state index in [0.29, 0.717) is 35.8 Å². The third-order valence-corrected chi connectivity index (χ3v) is 2.66. The fourth-order valence-electron chi connectivity index (χ4n) is 1.22. The van der Waals surface area contributed by atoms with Gasteiger partial charge in [0.25, 0.3) is 0 Å². The Morgan fingerprint density at radius 3 is 2.94 bits per heavy atom. The molecule has 0 aliphatic rings. The van der Waals surface area contributed by atoms with Gasteiger partial charge in [0.15, 0.2) is 0 Å². The Labute approximate surface area is 115 Å². The highest BCUT2D eigenvalue weighted by Gasteiger charge is 2.05. The number of anilines is 1. The lowest BCUT2D eigenvalue weighted by molar-refractivity contribution is -0.120. The average molecular weight is 317 g/mol. The molecule has 1 amide bonds. The minimum Gasteiger partial charge on any atom is -0.480 e. The molecule has 100 valence electrons. The van der Waals surface area contributed by atoms with E-state index in [1.54, 1.807) is 6.20 Å². The summed E-state index contributed by atoms with van der Waals surface area (Å²) in [6.07, 6.45) is 2.93. The standard InChI is InChI=1S/C11H17BrN4O2/c1-3-5-13-9(17)4-6-14-11-15-7-8(12)10(16-11)18-2/h7H,3-6H2,1-2H3,(H,13,17)(H,14,15,16). The van der Waals surface area contributed by atoms with Gasteiger partial charge in [-0.2, -0.15) is 4.98 Å². The Morgan fingerprint density at radius 2 is 2.28 bits per heavy atom. The first kappa shape index (κ1) is 14.7. The van der Waals surface area contributed by atoms with Crippen molar-refractivity contribution in [2.75, 3.05) is 25.5 Å². The van der Waals surface area contributed by atoms with Crippen molar-refractivity contribution in [1.82, 2.24) is 15.3 Å². The molecule has 1 aromatic heterocycles. The van der Waals surface area contributed by atoms with Crippen molar-refractivity contribution in [3.63, 3.8) is 0 Å². The zero-order valence-electron chi connectivity index (χ0n) is 10.5. The van der Waals surface area contributed by atoms with Crippen molar-refractivity contribution in [2.24, 2.45) is 0 Å². The molecule has 0 atom stereocenters. The Bertz CT molecular complexity index is 401. The van der Waals surface area contributed by atoms with Gasteiger partial charge in [-0.3, -0.25) is 4.79 Å². The SMILES string of the molecule is CCCNC(=O)CCNc1ncc(Br)c(OC)n1. The average Bonchev–Trinajstić information content (AvgIpc) is 2.38. The normalized spacial score (nSPS) is 9.94. The van der Waals surface area contributed by atoms with E-state index < -0.39 is 0 Å². The number of hydrogen-bond donors (Lipinski definition) is 2. The van der Waals surface area contributed by atoms with Crippen molar-refractivity contribution >= 4 is 27.8 Å². The quantitative estimate of drug-likeness (QED) is 0.798. The highest BCUT2D eigenvalue weighted by Crippen LogP contribution is 2.21. The van der Waals surface area contributed by atoms with E-state index in [1.165, 1.54) is 7.11 Å². The molecule has 1 aromatic rings. The van der Waals surface area contributed by atoms with E-state index >= 15 is 0 Å². The molecule has 18 heavy (non-hydrogen) atoms. The van der Waals surface area contributed by atoms with Crippen LogP contribution in [0.4, 0.5) is 5.95 Å². The van der Waals surface area contributed by atoms with Gasteiger partial charge in [0.2, 0.25) is 17.7 Å². The zero-order chi connectivity index (χ0) is 13.4. The van der Waals surface area contributed by atoms with E-state index in [0.717, 1.165) is 6.42 Å². The van der Waals surface area contributed by atoms with Gasteiger partial charge >= 0.3 is 0 Å². The summed E-state index contributed by atoms with van der Waals surface area (Å²) in [6.45, 7) is 3.21. The number of methoxy groups -OCH3 is 1. The molecule has 0 unspecified atom stereocenters. The van der Waals surface area contributed by atoms with Gasteiger partial charge in [-0.25, -0.2) is 4.98 Å². The second-order valence-corrected chi connectivity index (χ2v) is 4.43. The molecule has 0 bridgehead atoms. The minimum absolute atomic E-state index is 0.0217. The number of nitrogens with one attached hydrogen (secondary N) is 2. The van der Waals surface area contributed by atoms with E-state index in [2.05, 4.69) is 36.5 Å². The van der Waals surface area contributed by atoms with E-state index in [1.807, 2.05) is 6.92 Å². The van der Waals surface area contributed by atoms with Gasteiger partial charge in [-0.05, 0) is 22.4 Å². The van der Waals surface area contributed by atoms with Crippen LogP contribution in [0.3, 0.4) is 0 Å². The monoisotopic (exact) mass is 316 g/mol. The van der Waals surface area contributed by atoms with Gasteiger partial charge in [0.05, 0.1) is 17.8 Å². The third kappa shape index (κ3) is 4.87. The molecule has 2 N–H and O–H groups in total. The number of halogens is 1. The Morgan fingerprint density at radius 1 is 1.50 bits per heavy atom. The smallest absolute Gasteiger partial charge is 0.232 e. The van der Waals surface area contributed by atoms with Crippen LogP contribution in [0.2, 0.25) is 0 Å². The summed E-state index contributed by atoms with van der Waals surface area (Å²) in [7, 11) is 1.54. The maximum atomic E-state index is 11.3. The summed E-state index contributed by atoms with van der Waals surface area (Å²) in [6, 6.07) is 0. The number of ether oxygens (including phenoxy) is 1. The summed E-state index contributed by atoms with van der Waals surface area (Å²) in [4.78, 5) is 19.5. The van der Waals surface area contributed by atoms with Crippen molar-refractivity contribution < 1.29 is 9.53 Å². The van der Waals surface area contributed by atoms with Crippen LogP contribution in [0.15, 0.2) is 10.7 Å². The molecule has 1 heterocycles. The summed E-state index contributed by atoms with van der Waals surface area (Å²) in [5.41, 5.74) is 0. The van der Waals surface area contributed by atoms with Crippen LogP contribution < -0.4 is 15.4 Å². The maximum Gasteiger partial charge on any atom is 0.232 e. The van der Waals surface area contributed by atoms with Crippen LogP contribution in [-0.4, -0.2) is 36.1 Å². The Kier molecular flexibility index (Phi) is 6.42. The lowest BCUT2D eigenvalue weighted by atomic mass is 10.4. The molecule has 0 saturated heterocycles. The van der Waals surface area contributed by atoms with Crippen molar-refractivity contribution in [1.29, 1.82) is 0 Å². The lowest BCUT2D eigenvalue weighted by Crippen LogP contribution is -2.26. The number of rotatable bonds is 7. The van der Waals surface area contributed by atoms with Gasteiger partial charge < -0.3 is 15.4 Å². The van der Waals surface area contributed by atoms with Crippen LogP contribution >= 0.6 is 15.9 Å². The van der Waals surface area contributed by atoms with E-state index in [4.69, 9.17) is 4.74 Å². The zero-order valence-corrected chi connectivity index (χ0v) is 12.1. The predicted octanol–water partition coefficient (Wildman–Crippen LogP) is 1.58. The van der Waals surface area contributed by atoms with Gasteiger partial charge in [0.1, 0.15) is 0 Å². The van der Waals surface area contributed by atoms with Gasteiger partial charge in [0, 0.05) is 19.5 Å². The van der Waals surface area contributed by atoms with E-state index in [-0.39, 0.29) is 5.91 Å². The van der Waals surface area contributed by atoms with Crippen LogP contribution in [-0.2, 0) is 4.79 Å². The fraction of sp³-hybridized carbons (Fsp3) is 0.545. The second-order valence-electron chi connectivity index (χ2n) is 3.58. The molecule has 0 radical (unpaired) electrons. The van der Waals surface area contributed by atoms with E-state index in [9.17, 15) is 4.79 Å². The predicted molar refractivity (Wildman–Crippen MR) is 72.7 cm³/mol. The lowest BCUT2D eigenvalue weighted by Gasteiger charge is -2.07. The first-order valence-electron chi connectivity index (χ1n) is 5.74. The highest BCUT2D eigenvalue weighted by molar-refractivity contribution is 9.10. The number of carbonyl (C=O) groups excluding carboxylic acids is 1. The molecule has 0 saturated carbocycles. The molecular formula is C11H17BrN4O2. The fourth-order valence-corrected chi connectivity index (χ4v) is 1.57. The van der Waals surface area contributed by atoms with Crippen molar-refractivity contribution in [3.8, 4) is 5.88 Å². The minimum atomic E-state index is 0.0217. The molecule has 1 rings (SSSR count). The number of nitrogens with zero attached hydrogens (tertiary/aromatic N) is 2. The molecule has 7 heteroatoms. The second kappa shape index (κ2) is 7.86. The number of aromatic nitrogens is 2. The first-order valence-corrected chi connectivity index (χ1v) is 6.53. The summed E-state index contributed by atoms with van der Waals surface area (Å²) in [5, 5.41) is 5.77. The molecule has 0 aromatic carbocycles. The van der Waals surface area contributed by atoms with Crippen LogP contribution in [0.5, 0.6) is 5.88 Å². The molecule has 0 spiro atoms. The van der Waals surface area contributed by atoms with Gasteiger partial charge in [-0.15, -0.1) is 0 Å². The molecule has 0 aliphatic heterocycles. The molecule has 0 aliphatic carbocycles. The van der Waals surface area contributed by atoms with Gasteiger partial charge in [-0.1, -0.05) is 6.92 Å². The van der Waals surface area contributed by atoms with Crippen molar-refractivity contribution in [3.05, 3.63) is 10.7 Å². The highest BCUT2D eigenvalue weighted by atomic mass is 79.9. The Balaban J connectivity index is 2.37. The number of carbonyl (C=O) groups is 1. The summed E-state index contributed by atoms with van der Waals surface area (Å²) >= 11 is 3.27. The van der Waals surface area contributed by atoms with Crippen LogP contribution in [0.25, 0.3) is 0 Å². The largest absolute Gasteiger partial charge is 0.480 e. The van der Waals surface area contributed by atoms with Crippen molar-refractivity contribution in [2.45, 2.75) is 19.8 Å².